The van der Waals surface area contributed by atoms with Crippen molar-refractivity contribution >= 4 is 0 Å². The molecule has 72 valence electrons. The lowest BCUT2D eigenvalue weighted by atomic mass is 9.82. The zero-order valence-electron chi connectivity index (χ0n) is 7.11. The molecule has 0 heterocycles. The Hall–Kier alpha value is -0.160. The highest BCUT2D eigenvalue weighted by molar-refractivity contribution is 4.80. The molecule has 1 aliphatic carbocycles. The molecule has 1 fully saturated rings. The van der Waals surface area contributed by atoms with Crippen LogP contribution in [0.1, 0.15) is 12.8 Å². The summed E-state index contributed by atoms with van der Waals surface area (Å²) in [6.07, 6.45) is 0.958. The van der Waals surface area contributed by atoms with E-state index in [-0.39, 0.29) is 12.7 Å². The number of nitrogens with one attached hydrogen (secondary N) is 1. The third kappa shape index (κ3) is 3.06. The van der Waals surface area contributed by atoms with Gasteiger partial charge in [-0.3, -0.25) is 0 Å². The lowest BCUT2D eigenvalue weighted by Gasteiger charge is -2.31. The molecular formula is C8H17NO3. The summed E-state index contributed by atoms with van der Waals surface area (Å²) in [6.45, 7) is 1.07. The third-order valence-electron chi connectivity index (χ3n) is 2.23. The second-order valence-electron chi connectivity index (χ2n) is 3.49. The molecule has 0 saturated heterocycles. The first kappa shape index (κ1) is 9.92. The Balaban J connectivity index is 1.89. The Morgan fingerprint density at radius 1 is 1.42 bits per heavy atom. The van der Waals surface area contributed by atoms with Crippen molar-refractivity contribution in [2.45, 2.75) is 25.0 Å². The van der Waals surface area contributed by atoms with Gasteiger partial charge in [0.05, 0.1) is 18.8 Å². The fraction of sp³-hybridized carbons (Fsp3) is 1.00. The number of aliphatic hydroxyl groups excluding tert-OH is 3. The number of hydrogen-bond acceptors (Lipinski definition) is 4. The molecule has 1 rings (SSSR count). The standard InChI is InChI=1S/C8H17NO3/c10-5-8(12)4-9-3-6-1-7(11)2-6/h6-12H,1-5H2. The summed E-state index contributed by atoms with van der Waals surface area (Å²) in [7, 11) is 0. The topological polar surface area (TPSA) is 72.7 Å². The van der Waals surface area contributed by atoms with E-state index >= 15 is 0 Å². The van der Waals surface area contributed by atoms with Crippen LogP contribution in [0.25, 0.3) is 0 Å². The van der Waals surface area contributed by atoms with E-state index in [1.165, 1.54) is 0 Å². The fourth-order valence-corrected chi connectivity index (χ4v) is 1.39. The zero-order chi connectivity index (χ0) is 8.97. The van der Waals surface area contributed by atoms with Crippen LogP contribution in [0.3, 0.4) is 0 Å². The van der Waals surface area contributed by atoms with Gasteiger partial charge in [0, 0.05) is 6.54 Å². The highest BCUT2D eigenvalue weighted by Gasteiger charge is 2.26. The lowest BCUT2D eigenvalue weighted by Crippen LogP contribution is -2.39. The van der Waals surface area contributed by atoms with E-state index in [0.29, 0.717) is 12.5 Å². The number of rotatable bonds is 5. The molecule has 0 bridgehead atoms. The van der Waals surface area contributed by atoms with Gasteiger partial charge in [0.15, 0.2) is 0 Å². The van der Waals surface area contributed by atoms with Gasteiger partial charge >= 0.3 is 0 Å². The molecule has 4 nitrogen and oxygen atoms in total. The van der Waals surface area contributed by atoms with Crippen molar-refractivity contribution in [1.82, 2.24) is 5.32 Å². The summed E-state index contributed by atoms with van der Waals surface area (Å²) in [4.78, 5) is 0. The van der Waals surface area contributed by atoms with Crippen molar-refractivity contribution in [2.24, 2.45) is 5.92 Å². The largest absolute Gasteiger partial charge is 0.394 e. The lowest BCUT2D eigenvalue weighted by molar-refractivity contribution is 0.0394. The highest BCUT2D eigenvalue weighted by atomic mass is 16.3. The van der Waals surface area contributed by atoms with Crippen LogP contribution in [0.15, 0.2) is 0 Å². The molecule has 0 aromatic rings. The molecule has 1 saturated carbocycles. The Labute approximate surface area is 72.2 Å². The molecule has 0 aliphatic heterocycles. The maximum absolute atomic E-state index is 8.96. The van der Waals surface area contributed by atoms with Crippen molar-refractivity contribution in [3.8, 4) is 0 Å². The van der Waals surface area contributed by atoms with E-state index in [0.717, 1.165) is 19.4 Å². The van der Waals surface area contributed by atoms with Gasteiger partial charge in [0.25, 0.3) is 0 Å². The maximum Gasteiger partial charge on any atom is 0.0894 e. The van der Waals surface area contributed by atoms with Crippen LogP contribution in [-0.2, 0) is 0 Å². The maximum atomic E-state index is 8.96. The quantitative estimate of drug-likeness (QED) is 0.419. The monoisotopic (exact) mass is 175 g/mol. The minimum atomic E-state index is -0.657. The predicted octanol–water partition coefficient (Wildman–Crippen LogP) is -1.30. The van der Waals surface area contributed by atoms with Crippen molar-refractivity contribution in [3.63, 3.8) is 0 Å². The molecule has 4 heteroatoms. The van der Waals surface area contributed by atoms with Crippen molar-refractivity contribution in [1.29, 1.82) is 0 Å². The van der Waals surface area contributed by atoms with Gasteiger partial charge in [0.2, 0.25) is 0 Å². The van der Waals surface area contributed by atoms with Crippen molar-refractivity contribution < 1.29 is 15.3 Å². The molecule has 1 atom stereocenters. The predicted molar refractivity (Wildman–Crippen MR) is 44.7 cm³/mol. The first-order valence-corrected chi connectivity index (χ1v) is 4.40. The van der Waals surface area contributed by atoms with Crippen LogP contribution >= 0.6 is 0 Å². The smallest absolute Gasteiger partial charge is 0.0894 e. The van der Waals surface area contributed by atoms with Crippen LogP contribution in [0.5, 0.6) is 0 Å². The fourth-order valence-electron chi connectivity index (χ4n) is 1.39. The number of aliphatic hydroxyl groups is 3. The van der Waals surface area contributed by atoms with Crippen LogP contribution < -0.4 is 5.32 Å². The normalized spacial score (nSPS) is 31.2. The van der Waals surface area contributed by atoms with E-state index in [4.69, 9.17) is 15.3 Å². The Bertz CT molecular complexity index is 125. The highest BCUT2D eigenvalue weighted by Crippen LogP contribution is 2.25. The molecule has 0 aromatic carbocycles. The Morgan fingerprint density at radius 2 is 2.08 bits per heavy atom. The van der Waals surface area contributed by atoms with Gasteiger partial charge in [-0.2, -0.15) is 0 Å². The molecule has 0 radical (unpaired) electrons. The van der Waals surface area contributed by atoms with Crippen molar-refractivity contribution in [2.75, 3.05) is 19.7 Å². The zero-order valence-corrected chi connectivity index (χ0v) is 7.11. The van der Waals surface area contributed by atoms with E-state index in [2.05, 4.69) is 5.32 Å². The van der Waals surface area contributed by atoms with Crippen molar-refractivity contribution in [3.05, 3.63) is 0 Å². The van der Waals surface area contributed by atoms with Gasteiger partial charge in [-0.15, -0.1) is 0 Å². The van der Waals surface area contributed by atoms with Crippen LogP contribution in [0.4, 0.5) is 0 Å². The molecule has 0 amide bonds. The molecule has 1 aliphatic rings. The molecular weight excluding hydrogens is 158 g/mol. The third-order valence-corrected chi connectivity index (χ3v) is 2.23. The van der Waals surface area contributed by atoms with Crippen LogP contribution in [0.2, 0.25) is 0 Å². The van der Waals surface area contributed by atoms with E-state index in [9.17, 15) is 0 Å². The molecule has 4 N–H and O–H groups in total. The van der Waals surface area contributed by atoms with Gasteiger partial charge in [0.1, 0.15) is 0 Å². The Morgan fingerprint density at radius 3 is 2.58 bits per heavy atom. The van der Waals surface area contributed by atoms with E-state index < -0.39 is 6.10 Å². The molecule has 0 aromatic heterocycles. The number of hydrogen-bond donors (Lipinski definition) is 4. The molecule has 12 heavy (non-hydrogen) atoms. The average molecular weight is 175 g/mol. The first-order valence-electron chi connectivity index (χ1n) is 4.40. The minimum absolute atomic E-state index is 0.112. The van der Waals surface area contributed by atoms with Crippen LogP contribution in [0, 0.1) is 5.92 Å². The molecule has 0 spiro atoms. The SMILES string of the molecule is OCC(O)CNCC1CC(O)C1. The van der Waals surface area contributed by atoms with Crippen LogP contribution in [-0.4, -0.2) is 47.2 Å². The Kier molecular flexibility index (Phi) is 3.94. The van der Waals surface area contributed by atoms with E-state index in [1.54, 1.807) is 0 Å². The summed E-state index contributed by atoms with van der Waals surface area (Å²) in [6, 6.07) is 0. The first-order chi connectivity index (χ1) is 5.72. The summed E-state index contributed by atoms with van der Waals surface area (Å²) < 4.78 is 0. The summed E-state index contributed by atoms with van der Waals surface area (Å²) in [5, 5.41) is 29.4. The van der Waals surface area contributed by atoms with Gasteiger partial charge < -0.3 is 20.6 Å². The average Bonchev–Trinajstić information content (AvgIpc) is 2.01. The van der Waals surface area contributed by atoms with Gasteiger partial charge in [-0.1, -0.05) is 0 Å². The van der Waals surface area contributed by atoms with Gasteiger partial charge in [-0.05, 0) is 25.3 Å². The minimum Gasteiger partial charge on any atom is -0.394 e. The van der Waals surface area contributed by atoms with Gasteiger partial charge in [-0.25, -0.2) is 0 Å². The summed E-state index contributed by atoms with van der Waals surface area (Å²) >= 11 is 0. The second kappa shape index (κ2) is 4.77. The second-order valence-corrected chi connectivity index (χ2v) is 3.49. The summed E-state index contributed by atoms with van der Waals surface area (Å²) in [5.41, 5.74) is 0. The van der Waals surface area contributed by atoms with E-state index in [1.807, 2.05) is 0 Å². The summed E-state index contributed by atoms with van der Waals surface area (Å²) in [5.74, 6) is 0.547. The molecule has 1 unspecified atom stereocenters.